The Labute approximate surface area is 115 Å². The first-order valence-electron chi connectivity index (χ1n) is 5.90. The quantitative estimate of drug-likeness (QED) is 0.928. The first-order chi connectivity index (χ1) is 9.65. The van der Waals surface area contributed by atoms with E-state index >= 15 is 0 Å². The zero-order chi connectivity index (χ0) is 14.5. The van der Waals surface area contributed by atoms with Crippen molar-refractivity contribution in [2.75, 3.05) is 12.4 Å². The molecule has 1 N–H and O–H groups in total. The van der Waals surface area contributed by atoms with Gasteiger partial charge in [-0.25, -0.2) is 8.78 Å². The topological polar surface area (TPSA) is 45.0 Å². The molecule has 0 amide bonds. The summed E-state index contributed by atoms with van der Waals surface area (Å²) in [5.74, 6) is -0.603. The van der Waals surface area contributed by atoms with Gasteiger partial charge in [-0.05, 0) is 18.2 Å². The lowest BCUT2D eigenvalue weighted by molar-refractivity contribution is 0.411. The summed E-state index contributed by atoms with van der Waals surface area (Å²) < 4.78 is 32.1. The molecule has 20 heavy (non-hydrogen) atoms. The number of nitrogens with one attached hydrogen (secondary N) is 1. The Hall–Kier alpha value is -2.61. The van der Waals surface area contributed by atoms with Gasteiger partial charge in [0.2, 0.25) is 0 Å². The van der Waals surface area contributed by atoms with Gasteiger partial charge in [0.1, 0.15) is 29.0 Å². The van der Waals surface area contributed by atoms with E-state index in [-0.39, 0.29) is 12.1 Å². The van der Waals surface area contributed by atoms with Crippen LogP contribution in [0, 0.1) is 23.0 Å². The molecule has 0 atom stereocenters. The Morgan fingerprint density at radius 1 is 1.20 bits per heavy atom. The number of hydrogen-bond donors (Lipinski definition) is 1. The second-order valence-corrected chi connectivity index (χ2v) is 4.09. The van der Waals surface area contributed by atoms with Crippen LogP contribution in [-0.2, 0) is 6.54 Å². The summed E-state index contributed by atoms with van der Waals surface area (Å²) in [6.45, 7) is 0.147. The average Bonchev–Trinajstić information content (AvgIpc) is 2.46. The number of nitrogens with zero attached hydrogens (tertiary/aromatic N) is 1. The Bertz CT molecular complexity index is 665. The number of ether oxygens (including phenoxy) is 1. The fourth-order valence-electron chi connectivity index (χ4n) is 1.77. The SMILES string of the molecule is COc1ccc(CNc2cccc(F)c2C#N)c(F)c1. The Balaban J connectivity index is 2.18. The predicted octanol–water partition coefficient (Wildman–Crippen LogP) is 3.46. The Morgan fingerprint density at radius 2 is 2.00 bits per heavy atom. The lowest BCUT2D eigenvalue weighted by atomic mass is 10.1. The van der Waals surface area contributed by atoms with Crippen LogP contribution in [0.25, 0.3) is 0 Å². The van der Waals surface area contributed by atoms with E-state index in [1.165, 1.54) is 25.3 Å². The van der Waals surface area contributed by atoms with E-state index in [2.05, 4.69) is 5.32 Å². The first-order valence-corrected chi connectivity index (χ1v) is 5.90. The van der Waals surface area contributed by atoms with Crippen molar-refractivity contribution in [3.8, 4) is 11.8 Å². The minimum absolute atomic E-state index is 0.0820. The van der Waals surface area contributed by atoms with Gasteiger partial charge in [-0.1, -0.05) is 12.1 Å². The van der Waals surface area contributed by atoms with Crippen LogP contribution in [0.2, 0.25) is 0 Å². The summed E-state index contributed by atoms with van der Waals surface area (Å²) in [7, 11) is 1.46. The third-order valence-electron chi connectivity index (χ3n) is 2.85. The lowest BCUT2D eigenvalue weighted by Gasteiger charge is -2.10. The Morgan fingerprint density at radius 3 is 2.65 bits per heavy atom. The molecule has 0 aliphatic rings. The van der Waals surface area contributed by atoms with Gasteiger partial charge in [0.05, 0.1) is 12.8 Å². The molecule has 0 fully saturated rings. The molecule has 0 aromatic heterocycles. The van der Waals surface area contributed by atoms with E-state index < -0.39 is 11.6 Å². The third-order valence-corrected chi connectivity index (χ3v) is 2.85. The molecule has 2 aromatic carbocycles. The van der Waals surface area contributed by atoms with Crippen molar-refractivity contribution in [1.29, 1.82) is 5.26 Å². The number of hydrogen-bond acceptors (Lipinski definition) is 3. The van der Waals surface area contributed by atoms with E-state index in [1.54, 1.807) is 24.3 Å². The number of nitriles is 1. The zero-order valence-electron chi connectivity index (χ0n) is 10.8. The van der Waals surface area contributed by atoms with E-state index in [4.69, 9.17) is 10.00 Å². The molecule has 0 saturated carbocycles. The maximum atomic E-state index is 13.7. The molecule has 3 nitrogen and oxygen atoms in total. The van der Waals surface area contributed by atoms with Crippen LogP contribution in [0.3, 0.4) is 0 Å². The number of benzene rings is 2. The van der Waals surface area contributed by atoms with Crippen LogP contribution in [0.1, 0.15) is 11.1 Å². The van der Waals surface area contributed by atoms with Crippen molar-refractivity contribution in [1.82, 2.24) is 0 Å². The highest BCUT2D eigenvalue weighted by atomic mass is 19.1. The molecule has 2 aromatic rings. The van der Waals surface area contributed by atoms with Crippen LogP contribution in [0.15, 0.2) is 36.4 Å². The molecule has 0 radical (unpaired) electrons. The van der Waals surface area contributed by atoms with Gasteiger partial charge in [0.25, 0.3) is 0 Å². The van der Waals surface area contributed by atoms with Gasteiger partial charge in [-0.15, -0.1) is 0 Å². The molecule has 0 aliphatic carbocycles. The van der Waals surface area contributed by atoms with Crippen LogP contribution in [0.4, 0.5) is 14.5 Å². The van der Waals surface area contributed by atoms with Crippen LogP contribution >= 0.6 is 0 Å². The largest absolute Gasteiger partial charge is 0.497 e. The second kappa shape index (κ2) is 6.02. The van der Waals surface area contributed by atoms with E-state index in [0.717, 1.165) is 0 Å². The van der Waals surface area contributed by atoms with Crippen molar-refractivity contribution in [3.05, 3.63) is 59.2 Å². The number of methoxy groups -OCH3 is 1. The smallest absolute Gasteiger partial charge is 0.143 e. The molecule has 0 saturated heterocycles. The number of anilines is 1. The summed E-state index contributed by atoms with van der Waals surface area (Å²) >= 11 is 0. The summed E-state index contributed by atoms with van der Waals surface area (Å²) in [5, 5.41) is 11.8. The van der Waals surface area contributed by atoms with E-state index in [9.17, 15) is 8.78 Å². The first kappa shape index (κ1) is 13.8. The predicted molar refractivity (Wildman–Crippen MR) is 71.4 cm³/mol. The van der Waals surface area contributed by atoms with Crippen LogP contribution < -0.4 is 10.1 Å². The van der Waals surface area contributed by atoms with Gasteiger partial charge in [-0.2, -0.15) is 5.26 Å². The molecule has 0 bridgehead atoms. The minimum atomic E-state index is -0.604. The summed E-state index contributed by atoms with van der Waals surface area (Å²) in [5.41, 5.74) is 0.656. The zero-order valence-corrected chi connectivity index (χ0v) is 10.8. The maximum Gasteiger partial charge on any atom is 0.143 e. The molecule has 5 heteroatoms. The summed E-state index contributed by atoms with van der Waals surface area (Å²) in [6.07, 6.45) is 0. The van der Waals surface area contributed by atoms with Crippen LogP contribution in [0.5, 0.6) is 5.75 Å². The normalized spacial score (nSPS) is 9.90. The average molecular weight is 274 g/mol. The molecule has 2 rings (SSSR count). The lowest BCUT2D eigenvalue weighted by Crippen LogP contribution is -2.04. The van der Waals surface area contributed by atoms with Crippen molar-refractivity contribution < 1.29 is 13.5 Å². The van der Waals surface area contributed by atoms with E-state index in [1.807, 2.05) is 0 Å². The fourth-order valence-corrected chi connectivity index (χ4v) is 1.77. The van der Waals surface area contributed by atoms with Gasteiger partial charge in [0, 0.05) is 18.2 Å². The standard InChI is InChI=1S/C15H12F2N2O/c1-20-11-6-5-10(14(17)7-11)9-19-15-4-2-3-13(16)12(15)8-18/h2-7,19H,9H2,1H3. The van der Waals surface area contributed by atoms with Gasteiger partial charge in [-0.3, -0.25) is 0 Å². The van der Waals surface area contributed by atoms with E-state index in [0.29, 0.717) is 17.0 Å². The summed E-state index contributed by atoms with van der Waals surface area (Å²) in [4.78, 5) is 0. The van der Waals surface area contributed by atoms with Crippen molar-refractivity contribution in [2.45, 2.75) is 6.54 Å². The number of rotatable bonds is 4. The monoisotopic (exact) mass is 274 g/mol. The highest BCUT2D eigenvalue weighted by Gasteiger charge is 2.09. The molecule has 0 aliphatic heterocycles. The molecular weight excluding hydrogens is 262 g/mol. The molecule has 102 valence electrons. The molecule has 0 spiro atoms. The maximum absolute atomic E-state index is 13.7. The van der Waals surface area contributed by atoms with Gasteiger partial charge >= 0.3 is 0 Å². The fraction of sp³-hybridized carbons (Fsp3) is 0.133. The van der Waals surface area contributed by atoms with Gasteiger partial charge in [0.15, 0.2) is 0 Å². The molecule has 0 unspecified atom stereocenters. The van der Waals surface area contributed by atoms with Crippen LogP contribution in [-0.4, -0.2) is 7.11 Å². The second-order valence-electron chi connectivity index (χ2n) is 4.09. The van der Waals surface area contributed by atoms with Crippen molar-refractivity contribution in [3.63, 3.8) is 0 Å². The molecular formula is C15H12F2N2O. The van der Waals surface area contributed by atoms with Crippen molar-refractivity contribution >= 4 is 5.69 Å². The summed E-state index contributed by atoms with van der Waals surface area (Å²) in [6, 6.07) is 10.5. The number of halogens is 2. The van der Waals surface area contributed by atoms with Crippen molar-refractivity contribution in [2.24, 2.45) is 0 Å². The molecule has 0 heterocycles. The highest BCUT2D eigenvalue weighted by molar-refractivity contribution is 5.58. The Kier molecular flexibility index (Phi) is 4.16. The highest BCUT2D eigenvalue weighted by Crippen LogP contribution is 2.21. The van der Waals surface area contributed by atoms with Gasteiger partial charge < -0.3 is 10.1 Å². The third kappa shape index (κ3) is 2.86. The minimum Gasteiger partial charge on any atom is -0.497 e.